The van der Waals surface area contributed by atoms with Crippen LogP contribution >= 0.6 is 11.6 Å². The molecule has 0 spiro atoms. The number of hydrogen-bond acceptors (Lipinski definition) is 3. The summed E-state index contributed by atoms with van der Waals surface area (Å²) in [5.41, 5.74) is 0.0773. The minimum absolute atomic E-state index is 0.158. The van der Waals surface area contributed by atoms with Crippen molar-refractivity contribution >= 4 is 11.6 Å². The molecule has 2 aromatic rings. The van der Waals surface area contributed by atoms with Gasteiger partial charge in [0.25, 0.3) is 0 Å². The molecule has 0 atom stereocenters. The molecule has 0 N–H and O–H groups in total. The fourth-order valence-corrected chi connectivity index (χ4v) is 2.96. The first-order valence-corrected chi connectivity index (χ1v) is 8.02. The zero-order chi connectivity index (χ0) is 17.2. The van der Waals surface area contributed by atoms with E-state index in [4.69, 9.17) is 16.3 Å². The Balaban J connectivity index is 1.79. The molecule has 1 aliphatic heterocycles. The molecular weight excluding hydrogens is 341 g/mol. The van der Waals surface area contributed by atoms with Gasteiger partial charge in [-0.3, -0.25) is 4.90 Å². The van der Waals surface area contributed by atoms with Gasteiger partial charge in [-0.05, 0) is 55.8 Å². The predicted octanol–water partition coefficient (Wildman–Crippen LogP) is 5.14. The number of benzene rings is 1. The Bertz CT molecular complexity index is 715. The van der Waals surface area contributed by atoms with Crippen molar-refractivity contribution in [2.75, 3.05) is 13.1 Å². The van der Waals surface area contributed by atoms with E-state index in [1.807, 2.05) is 6.07 Å². The summed E-state index contributed by atoms with van der Waals surface area (Å²) in [5.74, 6) is -0.342. The highest BCUT2D eigenvalue weighted by molar-refractivity contribution is 6.32. The first-order chi connectivity index (χ1) is 11.4. The molecule has 1 aliphatic rings. The Morgan fingerprint density at radius 1 is 1.17 bits per heavy atom. The molecule has 3 rings (SSSR count). The van der Waals surface area contributed by atoms with Gasteiger partial charge in [-0.1, -0.05) is 17.7 Å². The monoisotopic (exact) mass is 356 g/mol. The number of pyridine rings is 1. The van der Waals surface area contributed by atoms with E-state index < -0.39 is 17.6 Å². The summed E-state index contributed by atoms with van der Waals surface area (Å²) in [7, 11) is 0. The van der Waals surface area contributed by atoms with Gasteiger partial charge in [0, 0.05) is 12.7 Å². The van der Waals surface area contributed by atoms with Crippen molar-refractivity contribution in [3.8, 4) is 11.6 Å². The lowest BCUT2D eigenvalue weighted by molar-refractivity contribution is -0.138. The maximum absolute atomic E-state index is 13.0. The Morgan fingerprint density at radius 3 is 2.58 bits per heavy atom. The summed E-state index contributed by atoms with van der Waals surface area (Å²) in [6.45, 7) is 2.88. The van der Waals surface area contributed by atoms with Crippen molar-refractivity contribution in [3.63, 3.8) is 0 Å². The average molecular weight is 357 g/mol. The SMILES string of the molecule is FC(F)(F)c1cccnc1Oc1ccc(CN2CCCC2)cc1Cl. The van der Waals surface area contributed by atoms with Crippen molar-refractivity contribution in [2.24, 2.45) is 0 Å². The van der Waals surface area contributed by atoms with Gasteiger partial charge >= 0.3 is 6.18 Å². The van der Waals surface area contributed by atoms with Gasteiger partial charge in [0.2, 0.25) is 5.88 Å². The number of alkyl halides is 3. The van der Waals surface area contributed by atoms with Crippen LogP contribution in [0.3, 0.4) is 0 Å². The van der Waals surface area contributed by atoms with Gasteiger partial charge in [0.05, 0.1) is 5.02 Å². The molecule has 1 aromatic heterocycles. The smallest absolute Gasteiger partial charge is 0.421 e. The van der Waals surface area contributed by atoms with Gasteiger partial charge in [-0.15, -0.1) is 0 Å². The molecule has 7 heteroatoms. The summed E-state index contributed by atoms with van der Waals surface area (Å²) in [5, 5.41) is 0.269. The van der Waals surface area contributed by atoms with Crippen molar-refractivity contribution < 1.29 is 17.9 Å². The van der Waals surface area contributed by atoms with Crippen LogP contribution in [0.4, 0.5) is 13.2 Å². The molecule has 0 amide bonds. The molecule has 0 bridgehead atoms. The van der Waals surface area contributed by atoms with Crippen LogP contribution in [0.15, 0.2) is 36.5 Å². The maximum atomic E-state index is 13.0. The Morgan fingerprint density at radius 2 is 1.92 bits per heavy atom. The molecular formula is C17H16ClF3N2O. The van der Waals surface area contributed by atoms with Crippen LogP contribution in [-0.4, -0.2) is 23.0 Å². The quantitative estimate of drug-likeness (QED) is 0.758. The maximum Gasteiger partial charge on any atom is 0.421 e. The highest BCUT2D eigenvalue weighted by Gasteiger charge is 2.35. The van der Waals surface area contributed by atoms with Gasteiger partial charge in [-0.2, -0.15) is 13.2 Å². The molecule has 1 fully saturated rings. The van der Waals surface area contributed by atoms with Gasteiger partial charge in [-0.25, -0.2) is 4.98 Å². The lowest BCUT2D eigenvalue weighted by atomic mass is 10.2. The van der Waals surface area contributed by atoms with E-state index in [0.717, 1.165) is 31.3 Å². The van der Waals surface area contributed by atoms with E-state index in [9.17, 15) is 13.2 Å². The number of likely N-dealkylation sites (tertiary alicyclic amines) is 1. The van der Waals surface area contributed by atoms with E-state index in [1.165, 1.54) is 25.1 Å². The number of rotatable bonds is 4. The van der Waals surface area contributed by atoms with Crippen LogP contribution < -0.4 is 4.74 Å². The van der Waals surface area contributed by atoms with E-state index in [-0.39, 0.29) is 10.8 Å². The third-order valence-corrected chi connectivity index (χ3v) is 4.18. The van der Waals surface area contributed by atoms with Crippen molar-refractivity contribution in [1.29, 1.82) is 0 Å². The summed E-state index contributed by atoms with van der Waals surface area (Å²) in [4.78, 5) is 5.99. The third-order valence-electron chi connectivity index (χ3n) is 3.88. The number of hydrogen-bond donors (Lipinski definition) is 0. The van der Waals surface area contributed by atoms with Crippen LogP contribution in [0.1, 0.15) is 24.0 Å². The van der Waals surface area contributed by atoms with Gasteiger partial charge in [0.1, 0.15) is 11.3 Å². The first kappa shape index (κ1) is 17.0. The average Bonchev–Trinajstić information content (AvgIpc) is 3.02. The van der Waals surface area contributed by atoms with E-state index in [1.54, 1.807) is 12.1 Å². The van der Waals surface area contributed by atoms with E-state index >= 15 is 0 Å². The molecule has 1 aromatic carbocycles. The van der Waals surface area contributed by atoms with Gasteiger partial charge < -0.3 is 4.74 Å². The second-order valence-corrected chi connectivity index (χ2v) is 6.11. The first-order valence-electron chi connectivity index (χ1n) is 7.64. The van der Waals surface area contributed by atoms with Crippen LogP contribution in [-0.2, 0) is 12.7 Å². The minimum Gasteiger partial charge on any atom is -0.437 e. The molecule has 0 radical (unpaired) electrons. The number of aromatic nitrogens is 1. The zero-order valence-electron chi connectivity index (χ0n) is 12.8. The molecule has 128 valence electrons. The second-order valence-electron chi connectivity index (χ2n) is 5.70. The number of nitrogens with zero attached hydrogens (tertiary/aromatic N) is 2. The summed E-state index contributed by atoms with van der Waals surface area (Å²) < 4.78 is 44.3. The van der Waals surface area contributed by atoms with E-state index in [0.29, 0.717) is 0 Å². The van der Waals surface area contributed by atoms with Crippen molar-refractivity contribution in [3.05, 3.63) is 52.7 Å². The summed E-state index contributed by atoms with van der Waals surface area (Å²) in [6, 6.07) is 7.28. The zero-order valence-corrected chi connectivity index (χ0v) is 13.6. The molecule has 0 saturated carbocycles. The fourth-order valence-electron chi connectivity index (χ4n) is 2.72. The second kappa shape index (κ2) is 6.99. The number of ether oxygens (including phenoxy) is 1. The highest BCUT2D eigenvalue weighted by Crippen LogP contribution is 2.38. The Kier molecular flexibility index (Phi) is 4.96. The summed E-state index contributed by atoms with van der Waals surface area (Å²) >= 11 is 6.18. The summed E-state index contributed by atoms with van der Waals surface area (Å²) in [6.07, 6.45) is -0.907. The van der Waals surface area contributed by atoms with Crippen molar-refractivity contribution in [1.82, 2.24) is 9.88 Å². The number of halogens is 4. The largest absolute Gasteiger partial charge is 0.437 e. The lowest BCUT2D eigenvalue weighted by Gasteiger charge is -2.16. The Labute approximate surface area is 143 Å². The molecule has 1 saturated heterocycles. The predicted molar refractivity (Wildman–Crippen MR) is 85.3 cm³/mol. The molecule has 3 nitrogen and oxygen atoms in total. The lowest BCUT2D eigenvalue weighted by Crippen LogP contribution is -2.18. The fraction of sp³-hybridized carbons (Fsp3) is 0.353. The molecule has 2 heterocycles. The van der Waals surface area contributed by atoms with Crippen LogP contribution in [0, 0.1) is 0 Å². The normalized spacial score (nSPS) is 15.7. The van der Waals surface area contributed by atoms with Crippen LogP contribution in [0.25, 0.3) is 0 Å². The minimum atomic E-state index is -4.54. The molecule has 24 heavy (non-hydrogen) atoms. The molecule has 0 aliphatic carbocycles. The molecule has 0 unspecified atom stereocenters. The van der Waals surface area contributed by atoms with Gasteiger partial charge in [0.15, 0.2) is 0 Å². The highest BCUT2D eigenvalue weighted by atomic mass is 35.5. The third kappa shape index (κ3) is 3.99. The van der Waals surface area contributed by atoms with Crippen LogP contribution in [0.5, 0.6) is 11.6 Å². The Hall–Kier alpha value is -1.79. The topological polar surface area (TPSA) is 25.4 Å². The van der Waals surface area contributed by atoms with E-state index in [2.05, 4.69) is 9.88 Å². The van der Waals surface area contributed by atoms with Crippen LogP contribution in [0.2, 0.25) is 5.02 Å². The van der Waals surface area contributed by atoms with Crippen molar-refractivity contribution in [2.45, 2.75) is 25.6 Å². The standard InChI is InChI=1S/C17H16ClF3N2O/c18-14-10-12(11-23-8-1-2-9-23)5-6-15(14)24-16-13(17(19,20)21)4-3-7-22-16/h3-7,10H,1-2,8-9,11H2.